The zero-order valence-corrected chi connectivity index (χ0v) is 14.5. The van der Waals surface area contributed by atoms with Gasteiger partial charge in [-0.2, -0.15) is 0 Å². The lowest BCUT2D eigenvalue weighted by atomic mass is 9.82. The second kappa shape index (κ2) is 7.31. The summed E-state index contributed by atoms with van der Waals surface area (Å²) in [5.41, 5.74) is 0.310. The van der Waals surface area contributed by atoms with Gasteiger partial charge in [0, 0.05) is 10.6 Å². The molecule has 0 amide bonds. The number of phenols is 1. The minimum atomic E-state index is -0.148. The molecule has 1 rings (SSSR count). The Hall–Kier alpha value is 0.240. The molecule has 0 aliphatic heterocycles. The molecule has 0 unspecified atom stereocenters. The first-order valence-electron chi connectivity index (χ1n) is 6.40. The molecule has 19 heavy (non-hydrogen) atoms. The van der Waals surface area contributed by atoms with Crippen LogP contribution in [0, 0.1) is 5.41 Å². The highest BCUT2D eigenvalue weighted by atomic mass is 35.5. The first-order valence-corrected chi connectivity index (χ1v) is 8.52. The number of hydrogen-bond donors (Lipinski definition) is 1. The van der Waals surface area contributed by atoms with Gasteiger partial charge in [0.15, 0.2) is 5.75 Å². The normalized spacial score (nSPS) is 11.9. The van der Waals surface area contributed by atoms with Crippen molar-refractivity contribution in [3.8, 4) is 5.75 Å². The highest BCUT2D eigenvalue weighted by Gasteiger charge is 2.25. The maximum Gasteiger partial charge on any atom is 0.154 e. The minimum absolute atomic E-state index is 0.131. The van der Waals surface area contributed by atoms with Crippen molar-refractivity contribution in [1.29, 1.82) is 0 Å². The van der Waals surface area contributed by atoms with Crippen molar-refractivity contribution < 1.29 is 5.11 Å². The molecule has 1 nitrogen and oxygen atoms in total. The third-order valence-electron chi connectivity index (χ3n) is 3.88. The van der Waals surface area contributed by atoms with Crippen molar-refractivity contribution in [2.45, 2.75) is 44.9 Å². The molecule has 0 aromatic heterocycles. The van der Waals surface area contributed by atoms with Crippen molar-refractivity contribution in [2.75, 3.05) is 5.75 Å². The molecule has 1 N–H and O–H groups in total. The fourth-order valence-electron chi connectivity index (χ4n) is 1.96. The fraction of sp³-hybridized carbons (Fsp3) is 0.571. The summed E-state index contributed by atoms with van der Waals surface area (Å²) in [5, 5.41) is 10.4. The van der Waals surface area contributed by atoms with Gasteiger partial charge in [-0.15, -0.1) is 11.8 Å². The Morgan fingerprint density at radius 2 is 1.58 bits per heavy atom. The van der Waals surface area contributed by atoms with Crippen LogP contribution in [0.15, 0.2) is 11.0 Å². The maximum absolute atomic E-state index is 9.62. The number of thioether (sulfide) groups is 1. The molecule has 0 aliphatic rings. The molecule has 0 fully saturated rings. The second-order valence-corrected chi connectivity index (χ2v) is 6.86. The van der Waals surface area contributed by atoms with Crippen molar-refractivity contribution in [1.82, 2.24) is 0 Å². The fourth-order valence-corrected chi connectivity index (χ4v) is 4.34. The smallest absolute Gasteiger partial charge is 0.154 e. The van der Waals surface area contributed by atoms with Gasteiger partial charge in [0.1, 0.15) is 5.02 Å². The topological polar surface area (TPSA) is 20.2 Å². The van der Waals surface area contributed by atoms with Gasteiger partial charge in [-0.05, 0) is 30.7 Å². The van der Waals surface area contributed by atoms with E-state index in [0.717, 1.165) is 29.9 Å². The van der Waals surface area contributed by atoms with Crippen LogP contribution >= 0.6 is 46.6 Å². The van der Waals surface area contributed by atoms with E-state index in [9.17, 15) is 5.11 Å². The minimum Gasteiger partial charge on any atom is -0.505 e. The lowest BCUT2D eigenvalue weighted by molar-refractivity contribution is 0.294. The summed E-state index contributed by atoms with van der Waals surface area (Å²) in [5.74, 6) is 0.818. The Labute approximate surface area is 134 Å². The molecule has 0 spiro atoms. The van der Waals surface area contributed by atoms with Crippen LogP contribution in [0.1, 0.15) is 40.0 Å². The van der Waals surface area contributed by atoms with Gasteiger partial charge in [0.05, 0.1) is 10.0 Å². The average molecular weight is 342 g/mol. The van der Waals surface area contributed by atoms with Crippen molar-refractivity contribution in [2.24, 2.45) is 5.41 Å². The summed E-state index contributed by atoms with van der Waals surface area (Å²) in [6, 6.07) is 1.68. The van der Waals surface area contributed by atoms with E-state index in [4.69, 9.17) is 34.8 Å². The lowest BCUT2D eigenvalue weighted by Crippen LogP contribution is -2.20. The first-order chi connectivity index (χ1) is 8.90. The highest BCUT2D eigenvalue weighted by Crippen LogP contribution is 2.45. The molecular formula is C14H19Cl3OS. The monoisotopic (exact) mass is 340 g/mol. The predicted molar refractivity (Wildman–Crippen MR) is 87.2 cm³/mol. The van der Waals surface area contributed by atoms with Gasteiger partial charge in [0.25, 0.3) is 0 Å². The second-order valence-electron chi connectivity index (χ2n) is 4.68. The SMILES string of the molecule is CCC(CC)(CC)CSc1cc(Cl)c(O)c(Cl)c1Cl. The Morgan fingerprint density at radius 1 is 1.05 bits per heavy atom. The molecular weight excluding hydrogens is 323 g/mol. The molecule has 1 aromatic rings. The van der Waals surface area contributed by atoms with Crippen LogP contribution in [-0.2, 0) is 0 Å². The maximum atomic E-state index is 9.62. The number of rotatable bonds is 6. The Balaban J connectivity index is 2.95. The van der Waals surface area contributed by atoms with E-state index in [2.05, 4.69) is 20.8 Å². The van der Waals surface area contributed by atoms with Crippen LogP contribution in [0.3, 0.4) is 0 Å². The molecule has 0 bridgehead atoms. The van der Waals surface area contributed by atoms with E-state index < -0.39 is 0 Å². The number of phenolic OH excluding ortho intramolecular Hbond substituents is 1. The summed E-state index contributed by atoms with van der Waals surface area (Å²) in [7, 11) is 0. The zero-order chi connectivity index (χ0) is 14.6. The Kier molecular flexibility index (Phi) is 6.65. The largest absolute Gasteiger partial charge is 0.505 e. The van der Waals surface area contributed by atoms with Crippen LogP contribution in [0.25, 0.3) is 0 Å². The molecule has 1 aromatic carbocycles. The molecule has 0 atom stereocenters. The summed E-state index contributed by atoms with van der Waals surface area (Å²) in [6.07, 6.45) is 3.39. The van der Waals surface area contributed by atoms with Gasteiger partial charge >= 0.3 is 0 Å². The van der Waals surface area contributed by atoms with E-state index in [1.165, 1.54) is 0 Å². The first kappa shape index (κ1) is 17.3. The van der Waals surface area contributed by atoms with E-state index in [1.807, 2.05) is 0 Å². The van der Waals surface area contributed by atoms with Crippen LogP contribution < -0.4 is 0 Å². The van der Waals surface area contributed by atoms with Gasteiger partial charge in [-0.25, -0.2) is 0 Å². The molecule has 0 saturated carbocycles. The van der Waals surface area contributed by atoms with Gasteiger partial charge in [-0.3, -0.25) is 0 Å². The third kappa shape index (κ3) is 3.87. The Morgan fingerprint density at radius 3 is 2.05 bits per heavy atom. The van der Waals surface area contributed by atoms with Crippen LogP contribution in [0.4, 0.5) is 0 Å². The standard InChI is InChI=1S/C14H19Cl3OS/c1-4-14(5-2,6-3)8-19-10-7-9(15)13(18)12(17)11(10)16/h7,18H,4-6,8H2,1-3H3. The number of hydrogen-bond acceptors (Lipinski definition) is 2. The quantitative estimate of drug-likeness (QED) is 0.461. The number of aromatic hydroxyl groups is 1. The van der Waals surface area contributed by atoms with Crippen LogP contribution in [0.5, 0.6) is 5.75 Å². The highest BCUT2D eigenvalue weighted by molar-refractivity contribution is 7.99. The molecule has 0 saturated heterocycles. The van der Waals surface area contributed by atoms with Crippen molar-refractivity contribution in [3.05, 3.63) is 21.1 Å². The van der Waals surface area contributed by atoms with Crippen molar-refractivity contribution in [3.63, 3.8) is 0 Å². The summed E-state index contributed by atoms with van der Waals surface area (Å²) < 4.78 is 0. The average Bonchev–Trinajstić information content (AvgIpc) is 2.43. The molecule has 0 aliphatic carbocycles. The summed E-state index contributed by atoms with van der Waals surface area (Å²) in [4.78, 5) is 0.828. The van der Waals surface area contributed by atoms with Gasteiger partial charge in [-0.1, -0.05) is 55.6 Å². The summed E-state index contributed by atoms with van der Waals surface area (Å²) >= 11 is 19.7. The van der Waals surface area contributed by atoms with E-state index in [-0.39, 0.29) is 15.8 Å². The molecule has 0 heterocycles. The zero-order valence-electron chi connectivity index (χ0n) is 11.4. The van der Waals surface area contributed by atoms with Crippen molar-refractivity contribution >= 4 is 46.6 Å². The third-order valence-corrected chi connectivity index (χ3v) is 6.53. The Bertz CT molecular complexity index is 437. The van der Waals surface area contributed by atoms with E-state index >= 15 is 0 Å². The van der Waals surface area contributed by atoms with Crippen LogP contribution in [-0.4, -0.2) is 10.9 Å². The number of benzene rings is 1. The molecule has 5 heteroatoms. The van der Waals surface area contributed by atoms with Gasteiger partial charge < -0.3 is 5.11 Å². The number of halogens is 3. The molecule has 0 radical (unpaired) electrons. The van der Waals surface area contributed by atoms with Gasteiger partial charge in [0.2, 0.25) is 0 Å². The van der Waals surface area contributed by atoms with E-state index in [0.29, 0.717) is 10.4 Å². The lowest BCUT2D eigenvalue weighted by Gasteiger charge is -2.30. The predicted octanol–water partition coefficient (Wildman–Crippen LogP) is 6.66. The summed E-state index contributed by atoms with van der Waals surface area (Å²) in [6.45, 7) is 6.64. The molecule has 108 valence electrons. The van der Waals surface area contributed by atoms with Crippen LogP contribution in [0.2, 0.25) is 15.1 Å². The van der Waals surface area contributed by atoms with E-state index in [1.54, 1.807) is 17.8 Å².